The van der Waals surface area contributed by atoms with Gasteiger partial charge in [0.1, 0.15) is 0 Å². The smallest absolute Gasteiger partial charge is 0.172 e. The molecule has 1 N–H and O–H groups in total. The number of rotatable bonds is 3. The van der Waals surface area contributed by atoms with Gasteiger partial charge in [-0.1, -0.05) is 42.5 Å². The summed E-state index contributed by atoms with van der Waals surface area (Å²) in [5.74, 6) is -0.370. The zero-order valence-corrected chi connectivity index (χ0v) is 14.6. The number of carbonyl (C=O) groups excluding carboxylic acids is 3. The number of benzene rings is 2. The molecule has 26 heavy (non-hydrogen) atoms. The predicted molar refractivity (Wildman–Crippen MR) is 101 cm³/mol. The minimum atomic E-state index is -0.176. The van der Waals surface area contributed by atoms with E-state index in [9.17, 15) is 14.4 Å². The Kier molecular flexibility index (Phi) is 3.69. The number of H-pyrrole nitrogens is 1. The Morgan fingerprint density at radius 2 is 1.58 bits per heavy atom. The van der Waals surface area contributed by atoms with Crippen LogP contribution >= 0.6 is 0 Å². The van der Waals surface area contributed by atoms with Crippen LogP contribution in [0.3, 0.4) is 0 Å². The van der Waals surface area contributed by atoms with Crippen LogP contribution in [0.5, 0.6) is 0 Å². The van der Waals surface area contributed by atoms with Crippen molar-refractivity contribution in [3.63, 3.8) is 0 Å². The molecule has 1 aliphatic rings. The number of Topliss-reactive ketones (excluding diaryl/α,β-unsaturated/α-hetero) is 3. The van der Waals surface area contributed by atoms with Gasteiger partial charge in [0, 0.05) is 38.9 Å². The van der Waals surface area contributed by atoms with Crippen molar-refractivity contribution in [3.05, 3.63) is 70.9 Å². The van der Waals surface area contributed by atoms with Crippen LogP contribution in [0, 0.1) is 6.92 Å². The SMILES string of the molecule is CC(=O)c1ccc(C2=C(c3c(C)[nH]c4ccccc34)C(=O)CC2=O)cc1. The van der Waals surface area contributed by atoms with E-state index in [0.717, 1.165) is 22.2 Å². The maximum absolute atomic E-state index is 12.7. The molecule has 0 bridgehead atoms. The third-order valence-corrected chi connectivity index (χ3v) is 4.85. The van der Waals surface area contributed by atoms with Gasteiger partial charge in [0.2, 0.25) is 0 Å². The quantitative estimate of drug-likeness (QED) is 0.574. The molecule has 0 radical (unpaired) electrons. The standard InChI is InChI=1S/C22H17NO3/c1-12-20(16-5-3-4-6-17(16)23-12)22-19(26)11-18(25)21(22)15-9-7-14(8-10-15)13(2)24/h3-10,23H,11H2,1-2H3. The summed E-state index contributed by atoms with van der Waals surface area (Å²) in [5.41, 5.74) is 4.76. The van der Waals surface area contributed by atoms with Crippen LogP contribution in [0.2, 0.25) is 0 Å². The van der Waals surface area contributed by atoms with E-state index in [1.54, 1.807) is 24.3 Å². The number of carbonyl (C=O) groups is 3. The highest BCUT2D eigenvalue weighted by atomic mass is 16.2. The Balaban J connectivity index is 1.98. The molecule has 2 aromatic carbocycles. The second-order valence-corrected chi connectivity index (χ2v) is 6.58. The van der Waals surface area contributed by atoms with Crippen molar-refractivity contribution in [3.8, 4) is 0 Å². The van der Waals surface area contributed by atoms with Crippen molar-refractivity contribution in [2.24, 2.45) is 0 Å². The van der Waals surface area contributed by atoms with Gasteiger partial charge in [-0.25, -0.2) is 0 Å². The number of hydrogen-bond acceptors (Lipinski definition) is 3. The van der Waals surface area contributed by atoms with Crippen molar-refractivity contribution in [1.82, 2.24) is 4.98 Å². The Labute approximate surface area is 150 Å². The molecule has 4 heteroatoms. The molecule has 0 unspecified atom stereocenters. The van der Waals surface area contributed by atoms with E-state index >= 15 is 0 Å². The fraction of sp³-hybridized carbons (Fsp3) is 0.136. The number of aromatic nitrogens is 1. The van der Waals surface area contributed by atoms with E-state index in [1.807, 2.05) is 31.2 Å². The molecule has 0 amide bonds. The molecule has 0 spiro atoms. The second-order valence-electron chi connectivity index (χ2n) is 6.58. The molecule has 128 valence electrons. The Morgan fingerprint density at radius 1 is 0.923 bits per heavy atom. The molecule has 0 saturated heterocycles. The van der Waals surface area contributed by atoms with Gasteiger partial charge in [-0.2, -0.15) is 0 Å². The maximum Gasteiger partial charge on any atom is 0.172 e. The molecule has 3 aromatic rings. The van der Waals surface area contributed by atoms with Gasteiger partial charge in [0.05, 0.1) is 6.42 Å². The van der Waals surface area contributed by atoms with E-state index in [4.69, 9.17) is 0 Å². The van der Waals surface area contributed by atoms with E-state index in [1.165, 1.54) is 6.92 Å². The predicted octanol–water partition coefficient (Wildman–Crippen LogP) is 4.13. The number of aromatic amines is 1. The van der Waals surface area contributed by atoms with E-state index < -0.39 is 0 Å². The second kappa shape index (κ2) is 5.92. The number of hydrogen-bond donors (Lipinski definition) is 1. The van der Waals surface area contributed by atoms with E-state index in [-0.39, 0.29) is 23.8 Å². The zero-order valence-electron chi connectivity index (χ0n) is 14.6. The number of allylic oxidation sites excluding steroid dienone is 2. The first-order chi connectivity index (χ1) is 12.5. The van der Waals surface area contributed by atoms with Crippen molar-refractivity contribution in [2.45, 2.75) is 20.3 Å². The summed E-state index contributed by atoms with van der Waals surface area (Å²) < 4.78 is 0. The summed E-state index contributed by atoms with van der Waals surface area (Å²) in [6, 6.07) is 14.6. The van der Waals surface area contributed by atoms with Gasteiger partial charge in [-0.3, -0.25) is 14.4 Å². The maximum atomic E-state index is 12.7. The summed E-state index contributed by atoms with van der Waals surface area (Å²) in [6.07, 6.45) is -0.113. The summed E-state index contributed by atoms with van der Waals surface area (Å²) >= 11 is 0. The summed E-state index contributed by atoms with van der Waals surface area (Å²) in [4.78, 5) is 40.1. The number of ketones is 3. The molecule has 1 aromatic heterocycles. The number of fused-ring (bicyclic) bond motifs is 1. The van der Waals surface area contributed by atoms with Gasteiger partial charge < -0.3 is 4.98 Å². The molecule has 0 saturated carbocycles. The lowest BCUT2D eigenvalue weighted by atomic mass is 9.93. The highest BCUT2D eigenvalue weighted by Crippen LogP contribution is 2.39. The third-order valence-electron chi connectivity index (χ3n) is 4.85. The van der Waals surface area contributed by atoms with Crippen LogP contribution < -0.4 is 0 Å². The van der Waals surface area contributed by atoms with E-state index in [2.05, 4.69) is 4.98 Å². The van der Waals surface area contributed by atoms with Crippen LogP contribution in [0.4, 0.5) is 0 Å². The Bertz CT molecular complexity index is 1110. The monoisotopic (exact) mass is 343 g/mol. The van der Waals surface area contributed by atoms with Crippen LogP contribution in [0.25, 0.3) is 22.0 Å². The zero-order chi connectivity index (χ0) is 18.4. The lowest BCUT2D eigenvalue weighted by Gasteiger charge is -2.07. The normalized spacial score (nSPS) is 14.5. The molecule has 4 nitrogen and oxygen atoms in total. The first-order valence-corrected chi connectivity index (χ1v) is 8.47. The lowest BCUT2D eigenvalue weighted by molar-refractivity contribution is -0.119. The lowest BCUT2D eigenvalue weighted by Crippen LogP contribution is -1.98. The van der Waals surface area contributed by atoms with Crippen molar-refractivity contribution in [2.75, 3.05) is 0 Å². The van der Waals surface area contributed by atoms with Gasteiger partial charge >= 0.3 is 0 Å². The minimum Gasteiger partial charge on any atom is -0.358 e. The average Bonchev–Trinajstić information content (AvgIpc) is 3.09. The molecule has 0 fully saturated rings. The third kappa shape index (κ3) is 2.42. The Hall–Kier alpha value is -3.27. The van der Waals surface area contributed by atoms with Crippen molar-refractivity contribution >= 4 is 39.4 Å². The Morgan fingerprint density at radius 3 is 2.27 bits per heavy atom. The fourth-order valence-corrected chi connectivity index (χ4v) is 3.64. The van der Waals surface area contributed by atoms with Gasteiger partial charge in [0.25, 0.3) is 0 Å². The van der Waals surface area contributed by atoms with Gasteiger partial charge in [-0.15, -0.1) is 0 Å². The van der Waals surface area contributed by atoms with Crippen LogP contribution in [-0.2, 0) is 9.59 Å². The summed E-state index contributed by atoms with van der Waals surface area (Å²) in [6.45, 7) is 3.41. The van der Waals surface area contributed by atoms with Crippen molar-refractivity contribution in [1.29, 1.82) is 0 Å². The minimum absolute atomic E-state index is 0.0351. The first-order valence-electron chi connectivity index (χ1n) is 8.47. The largest absolute Gasteiger partial charge is 0.358 e. The number of para-hydroxylation sites is 1. The molecule has 0 atom stereocenters. The average molecular weight is 343 g/mol. The van der Waals surface area contributed by atoms with Crippen molar-refractivity contribution < 1.29 is 14.4 Å². The summed E-state index contributed by atoms with van der Waals surface area (Å²) in [7, 11) is 0. The number of aryl methyl sites for hydroxylation is 1. The highest BCUT2D eigenvalue weighted by Gasteiger charge is 2.34. The van der Waals surface area contributed by atoms with Crippen LogP contribution in [0.15, 0.2) is 48.5 Å². The molecule has 1 heterocycles. The first kappa shape index (κ1) is 16.2. The fourth-order valence-electron chi connectivity index (χ4n) is 3.64. The van der Waals surface area contributed by atoms with Crippen LogP contribution in [0.1, 0.15) is 40.5 Å². The topological polar surface area (TPSA) is 67.0 Å². The van der Waals surface area contributed by atoms with Crippen LogP contribution in [-0.4, -0.2) is 22.3 Å². The highest BCUT2D eigenvalue weighted by molar-refractivity contribution is 6.51. The van der Waals surface area contributed by atoms with Gasteiger partial charge in [-0.05, 0) is 25.5 Å². The molecule has 4 rings (SSSR count). The van der Waals surface area contributed by atoms with E-state index in [0.29, 0.717) is 22.3 Å². The molecular weight excluding hydrogens is 326 g/mol. The molecule has 1 aliphatic carbocycles. The summed E-state index contributed by atoms with van der Waals surface area (Å²) in [5, 5.41) is 0.931. The number of nitrogens with one attached hydrogen (secondary N) is 1. The molecular formula is C22H17NO3. The van der Waals surface area contributed by atoms with Gasteiger partial charge in [0.15, 0.2) is 17.3 Å². The molecule has 0 aliphatic heterocycles.